The first-order valence-corrected chi connectivity index (χ1v) is 5.90. The standard InChI is InChI=1S/C9H10FNO2S.CH4/c10-8-3-1-2-4-9(8)11-14(12,13)7-5-6-7;/h1-4,7,11H,5-6H2;1H4. The molecule has 0 radical (unpaired) electrons. The highest BCUT2D eigenvalue weighted by atomic mass is 32.2. The number of halogens is 1. The molecule has 0 saturated heterocycles. The van der Waals surface area contributed by atoms with Crippen LogP contribution in [0.5, 0.6) is 0 Å². The first-order valence-electron chi connectivity index (χ1n) is 4.36. The molecule has 1 aliphatic carbocycles. The van der Waals surface area contributed by atoms with Crippen LogP contribution in [0.3, 0.4) is 0 Å². The predicted molar refractivity (Wildman–Crippen MR) is 58.7 cm³/mol. The van der Waals surface area contributed by atoms with Gasteiger partial charge < -0.3 is 0 Å². The van der Waals surface area contributed by atoms with E-state index in [0.717, 1.165) is 0 Å². The van der Waals surface area contributed by atoms with Crippen molar-refractivity contribution in [2.75, 3.05) is 4.72 Å². The van der Waals surface area contributed by atoms with E-state index in [1.165, 1.54) is 18.2 Å². The van der Waals surface area contributed by atoms with E-state index in [9.17, 15) is 12.8 Å². The smallest absolute Gasteiger partial charge is 0.235 e. The molecule has 0 unspecified atom stereocenters. The molecule has 0 amide bonds. The van der Waals surface area contributed by atoms with Gasteiger partial charge in [-0.15, -0.1) is 0 Å². The second kappa shape index (κ2) is 4.18. The number of hydrogen-bond acceptors (Lipinski definition) is 2. The number of hydrogen-bond donors (Lipinski definition) is 1. The Labute approximate surface area is 89.4 Å². The number of anilines is 1. The van der Waals surface area contributed by atoms with Gasteiger partial charge in [0.05, 0.1) is 10.9 Å². The summed E-state index contributed by atoms with van der Waals surface area (Å²) in [6.45, 7) is 0. The summed E-state index contributed by atoms with van der Waals surface area (Å²) in [5.41, 5.74) is 0.0272. The highest BCUT2D eigenvalue weighted by Crippen LogP contribution is 2.30. The molecule has 84 valence electrons. The molecule has 5 heteroatoms. The molecule has 1 fully saturated rings. The molecule has 0 heterocycles. The Bertz CT molecular complexity index is 440. The molecule has 1 aromatic carbocycles. The van der Waals surface area contributed by atoms with E-state index in [1.807, 2.05) is 0 Å². The van der Waals surface area contributed by atoms with E-state index in [0.29, 0.717) is 12.8 Å². The maximum absolute atomic E-state index is 13.1. The van der Waals surface area contributed by atoms with Crippen molar-refractivity contribution in [1.82, 2.24) is 0 Å². The van der Waals surface area contributed by atoms with Crippen LogP contribution in [-0.4, -0.2) is 13.7 Å². The first kappa shape index (κ1) is 12.0. The molecule has 3 nitrogen and oxygen atoms in total. The zero-order valence-corrected chi connectivity index (χ0v) is 8.22. The van der Waals surface area contributed by atoms with Crippen LogP contribution in [0.15, 0.2) is 24.3 Å². The minimum absolute atomic E-state index is 0. The van der Waals surface area contributed by atoms with Crippen molar-refractivity contribution in [3.8, 4) is 0 Å². The molecule has 0 aliphatic heterocycles. The lowest BCUT2D eigenvalue weighted by molar-refractivity contribution is 0.597. The molecule has 2 rings (SSSR count). The molecular weight excluding hydrogens is 217 g/mol. The molecule has 1 N–H and O–H groups in total. The van der Waals surface area contributed by atoms with E-state index in [1.54, 1.807) is 6.07 Å². The molecule has 1 saturated carbocycles. The van der Waals surface area contributed by atoms with E-state index < -0.39 is 15.8 Å². The van der Waals surface area contributed by atoms with Crippen molar-refractivity contribution >= 4 is 15.7 Å². The Morgan fingerprint density at radius 1 is 1.27 bits per heavy atom. The van der Waals surface area contributed by atoms with Crippen molar-refractivity contribution in [3.63, 3.8) is 0 Å². The Morgan fingerprint density at radius 2 is 1.87 bits per heavy atom. The normalized spacial score (nSPS) is 15.5. The van der Waals surface area contributed by atoms with Gasteiger partial charge in [-0.1, -0.05) is 19.6 Å². The fourth-order valence-electron chi connectivity index (χ4n) is 1.16. The third-order valence-corrected chi connectivity index (χ3v) is 3.94. The summed E-state index contributed by atoms with van der Waals surface area (Å²) in [5.74, 6) is -0.545. The Balaban J connectivity index is 0.00000112. The number of sulfonamides is 1. The molecule has 0 atom stereocenters. The van der Waals surface area contributed by atoms with Crippen molar-refractivity contribution in [2.45, 2.75) is 25.5 Å². The summed E-state index contributed by atoms with van der Waals surface area (Å²) in [6, 6.07) is 5.75. The maximum Gasteiger partial charge on any atom is 0.235 e. The summed E-state index contributed by atoms with van der Waals surface area (Å²) in [7, 11) is -3.35. The molecule has 0 aromatic heterocycles. The predicted octanol–water partition coefficient (Wildman–Crippen LogP) is 2.37. The van der Waals surface area contributed by atoms with Crippen molar-refractivity contribution < 1.29 is 12.8 Å². The zero-order valence-electron chi connectivity index (χ0n) is 7.40. The van der Waals surface area contributed by atoms with Crippen LogP contribution < -0.4 is 4.72 Å². The summed E-state index contributed by atoms with van der Waals surface area (Å²) >= 11 is 0. The van der Waals surface area contributed by atoms with Gasteiger partial charge in [0, 0.05) is 0 Å². The van der Waals surface area contributed by atoms with Crippen LogP contribution in [0.4, 0.5) is 10.1 Å². The highest BCUT2D eigenvalue weighted by Gasteiger charge is 2.35. The van der Waals surface area contributed by atoms with Crippen molar-refractivity contribution in [3.05, 3.63) is 30.1 Å². The van der Waals surface area contributed by atoms with Gasteiger partial charge >= 0.3 is 0 Å². The van der Waals surface area contributed by atoms with Crippen molar-refractivity contribution in [2.24, 2.45) is 0 Å². The quantitative estimate of drug-likeness (QED) is 0.868. The van der Waals surface area contributed by atoms with Gasteiger partial charge in [-0.25, -0.2) is 12.8 Å². The van der Waals surface area contributed by atoms with Gasteiger partial charge in [-0.05, 0) is 25.0 Å². The third-order valence-electron chi connectivity index (χ3n) is 2.09. The van der Waals surface area contributed by atoms with E-state index >= 15 is 0 Å². The summed E-state index contributed by atoms with van der Waals surface area (Å²) in [6.07, 6.45) is 1.34. The van der Waals surface area contributed by atoms with Crippen LogP contribution in [-0.2, 0) is 10.0 Å². The fraction of sp³-hybridized carbons (Fsp3) is 0.400. The second-order valence-electron chi connectivity index (χ2n) is 3.33. The zero-order chi connectivity index (χ0) is 10.2. The first-order chi connectivity index (χ1) is 6.59. The summed E-state index contributed by atoms with van der Waals surface area (Å²) < 4.78 is 38.2. The van der Waals surface area contributed by atoms with Crippen LogP contribution in [0, 0.1) is 5.82 Å². The van der Waals surface area contributed by atoms with Crippen LogP contribution in [0.25, 0.3) is 0 Å². The second-order valence-corrected chi connectivity index (χ2v) is 5.29. The number of benzene rings is 1. The van der Waals surface area contributed by atoms with Gasteiger partial charge in [-0.2, -0.15) is 0 Å². The van der Waals surface area contributed by atoms with Crippen LogP contribution in [0.1, 0.15) is 20.3 Å². The van der Waals surface area contributed by atoms with Gasteiger partial charge in [0.25, 0.3) is 0 Å². The van der Waals surface area contributed by atoms with Gasteiger partial charge in [0.1, 0.15) is 5.82 Å². The Morgan fingerprint density at radius 3 is 2.40 bits per heavy atom. The SMILES string of the molecule is C.O=S(=O)(Nc1ccccc1F)C1CC1. The molecule has 0 bridgehead atoms. The van der Waals surface area contributed by atoms with E-state index in [-0.39, 0.29) is 18.4 Å². The van der Waals surface area contributed by atoms with Crippen LogP contribution in [0.2, 0.25) is 0 Å². The van der Waals surface area contributed by atoms with Crippen molar-refractivity contribution in [1.29, 1.82) is 0 Å². The maximum atomic E-state index is 13.1. The van der Waals surface area contributed by atoms with Gasteiger partial charge in [0.2, 0.25) is 10.0 Å². The lowest BCUT2D eigenvalue weighted by Crippen LogP contribution is -2.18. The van der Waals surface area contributed by atoms with Gasteiger partial charge in [-0.3, -0.25) is 4.72 Å². The summed E-state index contributed by atoms with van der Waals surface area (Å²) in [4.78, 5) is 0. The number of rotatable bonds is 3. The molecule has 15 heavy (non-hydrogen) atoms. The molecule has 1 aromatic rings. The molecule has 1 aliphatic rings. The van der Waals surface area contributed by atoms with E-state index in [2.05, 4.69) is 4.72 Å². The number of para-hydroxylation sites is 1. The monoisotopic (exact) mass is 231 g/mol. The minimum Gasteiger partial charge on any atom is -0.280 e. The summed E-state index contributed by atoms with van der Waals surface area (Å²) in [5, 5.41) is -0.331. The lowest BCUT2D eigenvalue weighted by atomic mass is 10.3. The third kappa shape index (κ3) is 2.68. The average molecular weight is 231 g/mol. The highest BCUT2D eigenvalue weighted by molar-refractivity contribution is 7.93. The van der Waals surface area contributed by atoms with E-state index in [4.69, 9.17) is 0 Å². The lowest BCUT2D eigenvalue weighted by Gasteiger charge is -2.06. The minimum atomic E-state index is -3.35. The number of nitrogens with one attached hydrogen (secondary N) is 1. The molecule has 0 spiro atoms. The van der Waals surface area contributed by atoms with Gasteiger partial charge in [0.15, 0.2) is 0 Å². The Hall–Kier alpha value is -1.10. The largest absolute Gasteiger partial charge is 0.280 e. The average Bonchev–Trinajstić information content (AvgIpc) is 2.91. The molecular formula is C10H14FNO2S. The topological polar surface area (TPSA) is 46.2 Å². The fourth-order valence-corrected chi connectivity index (χ4v) is 2.55. The van der Waals surface area contributed by atoms with Crippen LogP contribution >= 0.6 is 0 Å². The Kier molecular flexibility index (Phi) is 3.34.